The van der Waals surface area contributed by atoms with Gasteiger partial charge in [-0.05, 0) is 19.3 Å². The van der Waals surface area contributed by atoms with Gasteiger partial charge >= 0.3 is 0 Å². The highest BCUT2D eigenvalue weighted by Crippen LogP contribution is 2.23. The molecule has 1 aromatic heterocycles. The molecule has 1 fully saturated rings. The maximum Gasteiger partial charge on any atom is 0.255 e. The molecule has 1 saturated carbocycles. The Morgan fingerprint density at radius 2 is 2.00 bits per heavy atom. The average molecular weight is 297 g/mol. The first kappa shape index (κ1) is 14.5. The molecular weight excluding hydrogens is 278 g/mol. The molecule has 114 valence electrons. The molecule has 0 bridgehead atoms. The van der Waals surface area contributed by atoms with Crippen LogP contribution < -0.4 is 16.8 Å². The zero-order valence-electron chi connectivity index (χ0n) is 12.2. The van der Waals surface area contributed by atoms with E-state index in [4.69, 9.17) is 11.5 Å². The van der Waals surface area contributed by atoms with Crippen molar-refractivity contribution in [3.05, 3.63) is 42.1 Å². The molecule has 0 saturated heterocycles. The van der Waals surface area contributed by atoms with Gasteiger partial charge in [-0.25, -0.2) is 9.97 Å². The fourth-order valence-electron chi connectivity index (χ4n) is 2.79. The van der Waals surface area contributed by atoms with Crippen LogP contribution in [0.5, 0.6) is 0 Å². The third-order valence-corrected chi connectivity index (χ3v) is 3.91. The van der Waals surface area contributed by atoms with E-state index in [0.717, 1.165) is 24.8 Å². The van der Waals surface area contributed by atoms with Crippen molar-refractivity contribution < 1.29 is 4.79 Å². The van der Waals surface area contributed by atoms with Crippen LogP contribution in [0.25, 0.3) is 11.3 Å². The monoisotopic (exact) mass is 297 g/mol. The SMILES string of the molecule is Nc1ncc(C(=O)N[C@@H]2CC[C@@H](N)C2)c(-c2ccccc2)n1. The number of nitrogens with two attached hydrogens (primary N) is 2. The summed E-state index contributed by atoms with van der Waals surface area (Å²) < 4.78 is 0. The van der Waals surface area contributed by atoms with E-state index in [9.17, 15) is 4.79 Å². The van der Waals surface area contributed by atoms with E-state index >= 15 is 0 Å². The summed E-state index contributed by atoms with van der Waals surface area (Å²) in [5.41, 5.74) is 13.4. The smallest absolute Gasteiger partial charge is 0.255 e. The standard InChI is InChI=1S/C16H19N5O/c17-11-6-7-12(8-11)20-15(22)13-9-19-16(18)21-14(13)10-4-2-1-3-5-10/h1-5,9,11-12H,6-8,17H2,(H,20,22)(H2,18,19,21)/t11-,12-/m1/s1. The summed E-state index contributed by atoms with van der Waals surface area (Å²) in [5, 5.41) is 3.02. The number of anilines is 1. The van der Waals surface area contributed by atoms with Crippen LogP contribution in [0, 0.1) is 0 Å². The summed E-state index contributed by atoms with van der Waals surface area (Å²) in [6, 6.07) is 9.77. The highest BCUT2D eigenvalue weighted by molar-refractivity contribution is 5.99. The number of nitrogen functional groups attached to an aromatic ring is 1. The van der Waals surface area contributed by atoms with Crippen LogP contribution in [0.15, 0.2) is 36.5 Å². The topological polar surface area (TPSA) is 107 Å². The highest BCUT2D eigenvalue weighted by atomic mass is 16.1. The van der Waals surface area contributed by atoms with Crippen LogP contribution in [0.4, 0.5) is 5.95 Å². The first-order chi connectivity index (χ1) is 10.6. The van der Waals surface area contributed by atoms with Crippen molar-refractivity contribution in [3.63, 3.8) is 0 Å². The molecule has 1 amide bonds. The number of carbonyl (C=O) groups is 1. The first-order valence-electron chi connectivity index (χ1n) is 7.38. The highest BCUT2D eigenvalue weighted by Gasteiger charge is 2.25. The van der Waals surface area contributed by atoms with Gasteiger partial charge in [-0.1, -0.05) is 30.3 Å². The van der Waals surface area contributed by atoms with Crippen LogP contribution in [-0.4, -0.2) is 28.0 Å². The van der Waals surface area contributed by atoms with Gasteiger partial charge in [-0.3, -0.25) is 4.79 Å². The van der Waals surface area contributed by atoms with Gasteiger partial charge in [0.2, 0.25) is 5.95 Å². The van der Waals surface area contributed by atoms with Crippen molar-refractivity contribution in [2.75, 3.05) is 5.73 Å². The number of carbonyl (C=O) groups excluding carboxylic acids is 1. The lowest BCUT2D eigenvalue weighted by atomic mass is 10.1. The second kappa shape index (κ2) is 6.11. The van der Waals surface area contributed by atoms with Crippen molar-refractivity contribution in [2.45, 2.75) is 31.3 Å². The minimum atomic E-state index is -0.182. The van der Waals surface area contributed by atoms with Crippen molar-refractivity contribution in [2.24, 2.45) is 5.73 Å². The van der Waals surface area contributed by atoms with E-state index in [1.165, 1.54) is 6.20 Å². The summed E-state index contributed by atoms with van der Waals surface area (Å²) in [6.45, 7) is 0. The normalized spacial score (nSPS) is 20.8. The minimum absolute atomic E-state index is 0.115. The van der Waals surface area contributed by atoms with Crippen molar-refractivity contribution in [1.29, 1.82) is 0 Å². The zero-order chi connectivity index (χ0) is 15.5. The van der Waals surface area contributed by atoms with Crippen LogP contribution in [-0.2, 0) is 0 Å². The maximum atomic E-state index is 12.5. The molecule has 0 unspecified atom stereocenters. The van der Waals surface area contributed by atoms with Crippen LogP contribution in [0.2, 0.25) is 0 Å². The van der Waals surface area contributed by atoms with E-state index in [1.807, 2.05) is 30.3 Å². The molecule has 22 heavy (non-hydrogen) atoms. The van der Waals surface area contributed by atoms with Gasteiger partial charge in [-0.2, -0.15) is 0 Å². The summed E-state index contributed by atoms with van der Waals surface area (Å²) in [4.78, 5) is 20.7. The van der Waals surface area contributed by atoms with E-state index in [0.29, 0.717) is 11.3 Å². The molecule has 1 aromatic carbocycles. The molecule has 1 aliphatic rings. The maximum absolute atomic E-state index is 12.5. The molecule has 5 N–H and O–H groups in total. The van der Waals surface area contributed by atoms with E-state index in [2.05, 4.69) is 15.3 Å². The Morgan fingerprint density at radius 3 is 2.68 bits per heavy atom. The van der Waals surface area contributed by atoms with Crippen LogP contribution in [0.3, 0.4) is 0 Å². The predicted molar refractivity (Wildman–Crippen MR) is 85.0 cm³/mol. The summed E-state index contributed by atoms with van der Waals surface area (Å²) >= 11 is 0. The number of aromatic nitrogens is 2. The molecule has 3 rings (SSSR count). The quantitative estimate of drug-likeness (QED) is 0.792. The number of benzene rings is 1. The Morgan fingerprint density at radius 1 is 1.23 bits per heavy atom. The first-order valence-corrected chi connectivity index (χ1v) is 7.38. The Balaban J connectivity index is 1.88. The number of hydrogen-bond donors (Lipinski definition) is 3. The summed E-state index contributed by atoms with van der Waals surface area (Å²) in [6.07, 6.45) is 4.13. The lowest BCUT2D eigenvalue weighted by Crippen LogP contribution is -2.34. The third kappa shape index (κ3) is 3.07. The average Bonchev–Trinajstić information content (AvgIpc) is 2.93. The Kier molecular flexibility index (Phi) is 4.02. The Labute approximate surface area is 129 Å². The lowest BCUT2D eigenvalue weighted by molar-refractivity contribution is 0.0937. The van der Waals surface area contributed by atoms with Gasteiger partial charge in [0, 0.05) is 23.8 Å². The van der Waals surface area contributed by atoms with Crippen molar-refractivity contribution >= 4 is 11.9 Å². The zero-order valence-corrected chi connectivity index (χ0v) is 12.2. The van der Waals surface area contributed by atoms with E-state index < -0.39 is 0 Å². The van der Waals surface area contributed by atoms with Gasteiger partial charge in [0.1, 0.15) is 0 Å². The Bertz CT molecular complexity index is 673. The number of nitrogens with one attached hydrogen (secondary N) is 1. The van der Waals surface area contributed by atoms with Gasteiger partial charge in [0.05, 0.1) is 11.3 Å². The van der Waals surface area contributed by atoms with Crippen molar-refractivity contribution in [3.8, 4) is 11.3 Å². The molecule has 6 heteroatoms. The fraction of sp³-hybridized carbons (Fsp3) is 0.312. The van der Waals surface area contributed by atoms with Gasteiger partial charge in [0.15, 0.2) is 0 Å². The van der Waals surface area contributed by atoms with E-state index in [-0.39, 0.29) is 23.9 Å². The molecule has 0 spiro atoms. The molecule has 6 nitrogen and oxygen atoms in total. The molecule has 1 aliphatic carbocycles. The van der Waals surface area contributed by atoms with Gasteiger partial charge in [0.25, 0.3) is 5.91 Å². The molecule has 2 atom stereocenters. The van der Waals surface area contributed by atoms with Crippen LogP contribution >= 0.6 is 0 Å². The molecule has 0 aliphatic heterocycles. The lowest BCUT2D eigenvalue weighted by Gasteiger charge is -2.14. The largest absolute Gasteiger partial charge is 0.368 e. The number of rotatable bonds is 3. The molecular formula is C16H19N5O. The Hall–Kier alpha value is -2.47. The second-order valence-corrected chi connectivity index (χ2v) is 5.60. The van der Waals surface area contributed by atoms with E-state index in [1.54, 1.807) is 0 Å². The van der Waals surface area contributed by atoms with Crippen molar-refractivity contribution in [1.82, 2.24) is 15.3 Å². The number of amides is 1. The third-order valence-electron chi connectivity index (χ3n) is 3.91. The molecule has 0 radical (unpaired) electrons. The second-order valence-electron chi connectivity index (χ2n) is 5.60. The predicted octanol–water partition coefficient (Wildman–Crippen LogP) is 1.34. The number of hydrogen-bond acceptors (Lipinski definition) is 5. The fourth-order valence-corrected chi connectivity index (χ4v) is 2.79. The number of nitrogens with zero attached hydrogens (tertiary/aromatic N) is 2. The minimum Gasteiger partial charge on any atom is -0.368 e. The summed E-state index contributed by atoms with van der Waals surface area (Å²) in [5.74, 6) is -0.0313. The molecule has 1 heterocycles. The summed E-state index contributed by atoms with van der Waals surface area (Å²) in [7, 11) is 0. The van der Waals surface area contributed by atoms with Gasteiger partial charge < -0.3 is 16.8 Å². The van der Waals surface area contributed by atoms with Crippen LogP contribution in [0.1, 0.15) is 29.6 Å². The van der Waals surface area contributed by atoms with Gasteiger partial charge in [-0.15, -0.1) is 0 Å². The molecule has 2 aromatic rings.